The van der Waals surface area contributed by atoms with Gasteiger partial charge in [0.15, 0.2) is 6.10 Å². The quantitative estimate of drug-likeness (QED) is 0.771. The first-order valence-corrected chi connectivity index (χ1v) is 10.3. The van der Waals surface area contributed by atoms with Crippen LogP contribution in [0.3, 0.4) is 0 Å². The van der Waals surface area contributed by atoms with Crippen LogP contribution in [0.1, 0.15) is 33.1 Å². The van der Waals surface area contributed by atoms with Crippen LogP contribution in [0.4, 0.5) is 10.1 Å². The Hall–Kier alpha value is -1.70. The molecule has 2 heterocycles. The molecular weight excluding hydrogens is 361 g/mol. The standard InChI is InChI=1S/C21H32FN3O3/c1-15(2)23-21(27)20-19(26)8-7-18(28-20)9-10-24-11-13-25(14-12-24)17-5-3-16(22)4-6-17/h3-6,15,18-20,26H,7-14H2,1-2H3,(H,23,27). The van der Waals surface area contributed by atoms with E-state index in [0.29, 0.717) is 6.42 Å². The monoisotopic (exact) mass is 393 g/mol. The average Bonchev–Trinajstić information content (AvgIpc) is 2.68. The lowest BCUT2D eigenvalue weighted by molar-refractivity contribution is -0.159. The lowest BCUT2D eigenvalue weighted by atomic mass is 9.98. The van der Waals surface area contributed by atoms with Crippen molar-refractivity contribution in [2.75, 3.05) is 37.6 Å². The van der Waals surface area contributed by atoms with E-state index in [-0.39, 0.29) is 23.9 Å². The Morgan fingerprint density at radius 3 is 2.54 bits per heavy atom. The number of hydrogen-bond donors (Lipinski definition) is 2. The molecule has 2 aliphatic rings. The van der Waals surface area contributed by atoms with Crippen molar-refractivity contribution in [1.29, 1.82) is 0 Å². The number of rotatable bonds is 6. The maximum atomic E-state index is 13.1. The number of aliphatic hydroxyl groups is 1. The SMILES string of the molecule is CC(C)NC(=O)C1OC(CCN2CCN(c3ccc(F)cc3)CC2)CCC1O. The third-order valence-corrected chi connectivity index (χ3v) is 5.49. The summed E-state index contributed by atoms with van der Waals surface area (Å²) in [6.45, 7) is 8.43. The highest BCUT2D eigenvalue weighted by molar-refractivity contribution is 5.81. The maximum absolute atomic E-state index is 13.1. The Morgan fingerprint density at radius 2 is 1.89 bits per heavy atom. The number of benzene rings is 1. The van der Waals surface area contributed by atoms with E-state index in [4.69, 9.17) is 4.74 Å². The van der Waals surface area contributed by atoms with Crippen LogP contribution >= 0.6 is 0 Å². The fraction of sp³-hybridized carbons (Fsp3) is 0.667. The summed E-state index contributed by atoms with van der Waals surface area (Å²) in [5.41, 5.74) is 1.06. The lowest BCUT2D eigenvalue weighted by Crippen LogP contribution is -2.51. The number of carbonyl (C=O) groups excluding carboxylic acids is 1. The fourth-order valence-electron chi connectivity index (χ4n) is 3.90. The van der Waals surface area contributed by atoms with Crippen molar-refractivity contribution in [3.05, 3.63) is 30.1 Å². The van der Waals surface area contributed by atoms with Crippen LogP contribution in [0.15, 0.2) is 24.3 Å². The summed E-state index contributed by atoms with van der Waals surface area (Å²) in [6, 6.07) is 6.69. The number of nitrogens with zero attached hydrogens (tertiary/aromatic N) is 2. The smallest absolute Gasteiger partial charge is 0.252 e. The van der Waals surface area contributed by atoms with Gasteiger partial charge in [-0.25, -0.2) is 4.39 Å². The van der Waals surface area contributed by atoms with Crippen molar-refractivity contribution < 1.29 is 19.0 Å². The van der Waals surface area contributed by atoms with Crippen molar-refractivity contribution in [1.82, 2.24) is 10.2 Å². The Morgan fingerprint density at radius 1 is 1.21 bits per heavy atom. The van der Waals surface area contributed by atoms with E-state index < -0.39 is 12.2 Å². The van der Waals surface area contributed by atoms with E-state index in [2.05, 4.69) is 15.1 Å². The molecule has 3 atom stereocenters. The molecule has 1 aromatic rings. The van der Waals surface area contributed by atoms with Gasteiger partial charge >= 0.3 is 0 Å². The number of halogens is 1. The maximum Gasteiger partial charge on any atom is 0.252 e. The molecule has 3 rings (SSSR count). The molecule has 0 bridgehead atoms. The van der Waals surface area contributed by atoms with Gasteiger partial charge in [-0.3, -0.25) is 9.69 Å². The van der Waals surface area contributed by atoms with Gasteiger partial charge in [0.1, 0.15) is 5.82 Å². The van der Waals surface area contributed by atoms with Gasteiger partial charge in [-0.1, -0.05) is 0 Å². The normalized spacial score (nSPS) is 26.5. The molecule has 1 aromatic carbocycles. The summed E-state index contributed by atoms with van der Waals surface area (Å²) in [7, 11) is 0. The van der Waals surface area contributed by atoms with Crippen molar-refractivity contribution >= 4 is 11.6 Å². The molecule has 7 heteroatoms. The number of carbonyl (C=O) groups is 1. The average molecular weight is 394 g/mol. The number of amides is 1. The zero-order chi connectivity index (χ0) is 20.1. The molecule has 0 aliphatic carbocycles. The molecule has 3 unspecified atom stereocenters. The van der Waals surface area contributed by atoms with E-state index in [1.165, 1.54) is 12.1 Å². The summed E-state index contributed by atoms with van der Waals surface area (Å²) >= 11 is 0. The molecule has 2 N–H and O–H groups in total. The van der Waals surface area contributed by atoms with Crippen molar-refractivity contribution in [2.45, 2.75) is 57.5 Å². The number of ether oxygens (including phenoxy) is 1. The van der Waals surface area contributed by atoms with E-state index in [0.717, 1.165) is 51.3 Å². The number of hydrogen-bond acceptors (Lipinski definition) is 5. The highest BCUT2D eigenvalue weighted by atomic mass is 19.1. The van der Waals surface area contributed by atoms with Gasteiger partial charge in [-0.05, 0) is 57.4 Å². The molecule has 2 saturated heterocycles. The molecule has 28 heavy (non-hydrogen) atoms. The summed E-state index contributed by atoms with van der Waals surface area (Å²) in [4.78, 5) is 16.9. The van der Waals surface area contributed by atoms with Crippen LogP contribution in [0, 0.1) is 5.82 Å². The van der Waals surface area contributed by atoms with Gasteiger partial charge in [-0.2, -0.15) is 0 Å². The van der Waals surface area contributed by atoms with Gasteiger partial charge in [0, 0.05) is 44.5 Å². The Labute approximate surface area is 166 Å². The molecule has 1 amide bonds. The van der Waals surface area contributed by atoms with Crippen molar-refractivity contribution in [3.63, 3.8) is 0 Å². The summed E-state index contributed by atoms with van der Waals surface area (Å²) < 4.78 is 19.0. The number of aliphatic hydroxyl groups excluding tert-OH is 1. The predicted molar refractivity (Wildman–Crippen MR) is 107 cm³/mol. The van der Waals surface area contributed by atoms with Gasteiger partial charge in [0.2, 0.25) is 0 Å². The first-order chi connectivity index (χ1) is 13.4. The highest BCUT2D eigenvalue weighted by Gasteiger charge is 2.35. The van der Waals surface area contributed by atoms with Crippen LogP contribution in [0.2, 0.25) is 0 Å². The number of nitrogens with one attached hydrogen (secondary N) is 1. The van der Waals surface area contributed by atoms with Gasteiger partial charge in [0.25, 0.3) is 5.91 Å². The fourth-order valence-corrected chi connectivity index (χ4v) is 3.90. The first-order valence-electron chi connectivity index (χ1n) is 10.3. The second kappa shape index (κ2) is 9.67. The van der Waals surface area contributed by atoms with Crippen LogP contribution in [-0.2, 0) is 9.53 Å². The summed E-state index contributed by atoms with van der Waals surface area (Å²) in [6.07, 6.45) is 0.739. The molecule has 156 valence electrons. The molecule has 0 saturated carbocycles. The molecule has 0 spiro atoms. The van der Waals surface area contributed by atoms with E-state index >= 15 is 0 Å². The minimum Gasteiger partial charge on any atom is -0.390 e. The Kier molecular flexibility index (Phi) is 7.26. The number of anilines is 1. The summed E-state index contributed by atoms with van der Waals surface area (Å²) in [5.74, 6) is -0.430. The topological polar surface area (TPSA) is 65.0 Å². The number of piperazine rings is 1. The minimum atomic E-state index is -0.767. The molecule has 0 aromatic heterocycles. The van der Waals surface area contributed by atoms with Crippen LogP contribution in [-0.4, -0.2) is 73.0 Å². The van der Waals surface area contributed by atoms with E-state index in [9.17, 15) is 14.3 Å². The summed E-state index contributed by atoms with van der Waals surface area (Å²) in [5, 5.41) is 12.9. The second-order valence-electron chi connectivity index (χ2n) is 8.08. The van der Waals surface area contributed by atoms with Gasteiger partial charge in [-0.15, -0.1) is 0 Å². The highest BCUT2D eigenvalue weighted by Crippen LogP contribution is 2.23. The van der Waals surface area contributed by atoms with Crippen LogP contribution in [0.25, 0.3) is 0 Å². The van der Waals surface area contributed by atoms with Crippen molar-refractivity contribution in [3.8, 4) is 0 Å². The second-order valence-corrected chi connectivity index (χ2v) is 8.08. The third kappa shape index (κ3) is 5.65. The largest absolute Gasteiger partial charge is 0.390 e. The lowest BCUT2D eigenvalue weighted by Gasteiger charge is -2.38. The zero-order valence-electron chi connectivity index (χ0n) is 16.8. The van der Waals surface area contributed by atoms with E-state index in [1.807, 2.05) is 26.0 Å². The first kappa shape index (κ1) is 21.0. The zero-order valence-corrected chi connectivity index (χ0v) is 16.8. The van der Waals surface area contributed by atoms with Crippen LogP contribution < -0.4 is 10.2 Å². The minimum absolute atomic E-state index is 0.00133. The predicted octanol–water partition coefficient (Wildman–Crippen LogP) is 1.77. The molecule has 2 aliphatic heterocycles. The van der Waals surface area contributed by atoms with Gasteiger partial charge < -0.3 is 20.1 Å². The Balaban J connectivity index is 1.42. The van der Waals surface area contributed by atoms with Crippen molar-refractivity contribution in [2.24, 2.45) is 0 Å². The Bertz CT molecular complexity index is 632. The van der Waals surface area contributed by atoms with Gasteiger partial charge in [0.05, 0.1) is 12.2 Å². The molecule has 6 nitrogen and oxygen atoms in total. The van der Waals surface area contributed by atoms with Crippen LogP contribution in [0.5, 0.6) is 0 Å². The third-order valence-electron chi connectivity index (χ3n) is 5.49. The molecule has 0 radical (unpaired) electrons. The van der Waals surface area contributed by atoms with E-state index in [1.54, 1.807) is 0 Å². The molecule has 2 fully saturated rings. The molecular formula is C21H32FN3O3.